The lowest BCUT2D eigenvalue weighted by Crippen LogP contribution is -2.46. The highest BCUT2D eigenvalue weighted by Gasteiger charge is 2.28. The largest absolute Gasteiger partial charge is 0.423 e. The first-order valence-corrected chi connectivity index (χ1v) is 11.7. The number of morpholine rings is 1. The monoisotopic (exact) mass is 436 g/mol. The standard InChI is InChI=1S/C25H32N4O3/c1-27-9-11-28(12-10-27)23-4-2-3-19-5-7-21(17-22(19)23)32-25(30)20-6-8-24(26-18-20)29-13-15-31-16-14-29/h5-8,17-18,23H,2-4,9-16H2,1H3. The lowest BCUT2D eigenvalue weighted by molar-refractivity contribution is 0.0732. The van der Waals surface area contributed by atoms with Gasteiger partial charge in [-0.2, -0.15) is 0 Å². The number of nitrogens with zero attached hydrogens (tertiary/aromatic N) is 4. The predicted octanol–water partition coefficient (Wildman–Crippen LogP) is 2.76. The Labute approximate surface area is 189 Å². The van der Waals surface area contributed by atoms with E-state index in [-0.39, 0.29) is 5.97 Å². The Hall–Kier alpha value is -2.48. The summed E-state index contributed by atoms with van der Waals surface area (Å²) in [5, 5.41) is 0. The molecule has 1 atom stereocenters. The molecule has 7 heteroatoms. The van der Waals surface area contributed by atoms with E-state index < -0.39 is 0 Å². The second-order valence-corrected chi connectivity index (χ2v) is 9.00. The summed E-state index contributed by atoms with van der Waals surface area (Å²) >= 11 is 0. The van der Waals surface area contributed by atoms with Crippen molar-refractivity contribution in [2.24, 2.45) is 0 Å². The van der Waals surface area contributed by atoms with Crippen molar-refractivity contribution in [1.29, 1.82) is 0 Å². The molecule has 0 N–H and O–H groups in total. The highest BCUT2D eigenvalue weighted by molar-refractivity contribution is 5.91. The fourth-order valence-electron chi connectivity index (χ4n) is 4.98. The van der Waals surface area contributed by atoms with E-state index in [0.29, 0.717) is 30.6 Å². The van der Waals surface area contributed by atoms with Crippen molar-refractivity contribution >= 4 is 11.8 Å². The minimum atomic E-state index is -0.363. The van der Waals surface area contributed by atoms with Crippen LogP contribution in [0.4, 0.5) is 5.82 Å². The third-order valence-corrected chi connectivity index (χ3v) is 6.91. The number of aryl methyl sites for hydroxylation is 1. The minimum Gasteiger partial charge on any atom is -0.423 e. The summed E-state index contributed by atoms with van der Waals surface area (Å²) in [7, 11) is 2.19. The van der Waals surface area contributed by atoms with E-state index in [1.165, 1.54) is 24.0 Å². The van der Waals surface area contributed by atoms with E-state index in [9.17, 15) is 4.79 Å². The molecule has 32 heavy (non-hydrogen) atoms. The Kier molecular flexibility index (Phi) is 6.39. The number of anilines is 1. The average molecular weight is 437 g/mol. The Bertz CT molecular complexity index is 935. The number of ether oxygens (including phenoxy) is 2. The summed E-state index contributed by atoms with van der Waals surface area (Å²) in [6.07, 6.45) is 5.09. The first-order valence-electron chi connectivity index (χ1n) is 11.7. The molecule has 3 heterocycles. The van der Waals surface area contributed by atoms with Crippen LogP contribution in [0.25, 0.3) is 0 Å². The smallest absolute Gasteiger partial charge is 0.345 e. The fraction of sp³-hybridized carbons (Fsp3) is 0.520. The molecular weight excluding hydrogens is 404 g/mol. The molecule has 2 aromatic rings. The Balaban J connectivity index is 1.28. The van der Waals surface area contributed by atoms with E-state index in [1.807, 2.05) is 12.1 Å². The molecule has 0 amide bonds. The van der Waals surface area contributed by atoms with Gasteiger partial charge < -0.3 is 19.3 Å². The third kappa shape index (κ3) is 4.65. The SMILES string of the molecule is CN1CCN(C2CCCc3ccc(OC(=O)c4ccc(N5CCOCC5)nc4)cc32)CC1. The zero-order valence-electron chi connectivity index (χ0n) is 18.8. The van der Waals surface area contributed by atoms with Gasteiger partial charge >= 0.3 is 5.97 Å². The van der Waals surface area contributed by atoms with Crippen molar-refractivity contribution < 1.29 is 14.3 Å². The minimum absolute atomic E-state index is 0.363. The molecule has 3 aliphatic rings. The van der Waals surface area contributed by atoms with Gasteiger partial charge in [0.15, 0.2) is 0 Å². The Morgan fingerprint density at radius 3 is 2.62 bits per heavy atom. The number of pyridine rings is 1. The number of benzene rings is 1. The van der Waals surface area contributed by atoms with Crippen LogP contribution in [-0.2, 0) is 11.2 Å². The maximum Gasteiger partial charge on any atom is 0.345 e. The lowest BCUT2D eigenvalue weighted by Gasteiger charge is -2.40. The number of hydrogen-bond acceptors (Lipinski definition) is 7. The molecule has 170 valence electrons. The number of carbonyl (C=O) groups is 1. The van der Waals surface area contributed by atoms with Crippen molar-refractivity contribution in [3.05, 3.63) is 53.2 Å². The number of rotatable bonds is 4. The molecule has 2 fully saturated rings. The van der Waals surface area contributed by atoms with Crippen LogP contribution in [0, 0.1) is 0 Å². The molecule has 2 saturated heterocycles. The molecular formula is C25H32N4O3. The second-order valence-electron chi connectivity index (χ2n) is 9.00. The van der Waals surface area contributed by atoms with E-state index in [0.717, 1.165) is 51.5 Å². The Morgan fingerprint density at radius 1 is 1.06 bits per heavy atom. The van der Waals surface area contributed by atoms with Gasteiger partial charge in [-0.05, 0) is 61.7 Å². The summed E-state index contributed by atoms with van der Waals surface area (Å²) in [6.45, 7) is 7.44. The molecule has 0 radical (unpaired) electrons. The summed E-state index contributed by atoms with van der Waals surface area (Å²) in [5.74, 6) is 1.12. The number of piperazine rings is 1. The van der Waals surface area contributed by atoms with Crippen molar-refractivity contribution in [2.45, 2.75) is 25.3 Å². The van der Waals surface area contributed by atoms with E-state index >= 15 is 0 Å². The van der Waals surface area contributed by atoms with Gasteiger partial charge in [-0.15, -0.1) is 0 Å². The summed E-state index contributed by atoms with van der Waals surface area (Å²) in [6, 6.07) is 10.3. The highest BCUT2D eigenvalue weighted by atomic mass is 16.5. The third-order valence-electron chi connectivity index (χ3n) is 6.91. The van der Waals surface area contributed by atoms with Crippen LogP contribution in [0.15, 0.2) is 36.5 Å². The summed E-state index contributed by atoms with van der Waals surface area (Å²) < 4.78 is 11.2. The number of aromatic nitrogens is 1. The molecule has 2 aliphatic heterocycles. The van der Waals surface area contributed by atoms with Crippen molar-refractivity contribution in [2.75, 3.05) is 64.4 Å². The zero-order chi connectivity index (χ0) is 21.9. The molecule has 1 unspecified atom stereocenters. The van der Waals surface area contributed by atoms with Gasteiger partial charge in [0.25, 0.3) is 0 Å². The highest BCUT2D eigenvalue weighted by Crippen LogP contribution is 2.37. The summed E-state index contributed by atoms with van der Waals surface area (Å²) in [5.41, 5.74) is 3.18. The van der Waals surface area contributed by atoms with Crippen molar-refractivity contribution in [3.8, 4) is 5.75 Å². The van der Waals surface area contributed by atoms with Gasteiger partial charge in [-0.3, -0.25) is 4.90 Å². The average Bonchev–Trinajstić information content (AvgIpc) is 2.85. The van der Waals surface area contributed by atoms with Gasteiger partial charge in [-0.1, -0.05) is 6.07 Å². The first kappa shape index (κ1) is 21.4. The van der Waals surface area contributed by atoms with Gasteiger partial charge in [-0.25, -0.2) is 9.78 Å². The number of fused-ring (bicyclic) bond motifs is 1. The maximum atomic E-state index is 12.8. The molecule has 1 aromatic heterocycles. The maximum absolute atomic E-state index is 12.8. The van der Waals surface area contributed by atoms with Crippen molar-refractivity contribution in [3.63, 3.8) is 0 Å². The van der Waals surface area contributed by atoms with E-state index in [1.54, 1.807) is 12.3 Å². The fourth-order valence-corrected chi connectivity index (χ4v) is 4.98. The van der Waals surface area contributed by atoms with E-state index in [2.05, 4.69) is 38.9 Å². The molecule has 0 saturated carbocycles. The van der Waals surface area contributed by atoms with Gasteiger partial charge in [0.2, 0.25) is 0 Å². The zero-order valence-corrected chi connectivity index (χ0v) is 18.8. The summed E-state index contributed by atoms with van der Waals surface area (Å²) in [4.78, 5) is 24.4. The number of esters is 1. The molecule has 1 aliphatic carbocycles. The van der Waals surface area contributed by atoms with Crippen molar-refractivity contribution in [1.82, 2.24) is 14.8 Å². The van der Waals surface area contributed by atoms with Crippen LogP contribution in [0.2, 0.25) is 0 Å². The number of hydrogen-bond donors (Lipinski definition) is 0. The van der Waals surface area contributed by atoms with Gasteiger partial charge in [0.1, 0.15) is 11.6 Å². The van der Waals surface area contributed by atoms with Crippen LogP contribution < -0.4 is 9.64 Å². The van der Waals surface area contributed by atoms with Crippen LogP contribution in [0.5, 0.6) is 5.75 Å². The number of likely N-dealkylation sites (N-methyl/N-ethyl adjacent to an activating group) is 1. The van der Waals surface area contributed by atoms with Crippen LogP contribution in [0.3, 0.4) is 0 Å². The van der Waals surface area contributed by atoms with Gasteiger partial charge in [0, 0.05) is 51.5 Å². The van der Waals surface area contributed by atoms with Crippen LogP contribution >= 0.6 is 0 Å². The van der Waals surface area contributed by atoms with Crippen LogP contribution in [-0.4, -0.2) is 80.3 Å². The van der Waals surface area contributed by atoms with Crippen LogP contribution in [0.1, 0.15) is 40.4 Å². The first-order chi connectivity index (χ1) is 15.7. The quantitative estimate of drug-likeness (QED) is 0.540. The predicted molar refractivity (Wildman–Crippen MR) is 123 cm³/mol. The molecule has 7 nitrogen and oxygen atoms in total. The Morgan fingerprint density at radius 2 is 1.88 bits per heavy atom. The number of carbonyl (C=O) groups excluding carboxylic acids is 1. The molecule has 0 spiro atoms. The topological polar surface area (TPSA) is 58.1 Å². The lowest BCUT2D eigenvalue weighted by atomic mass is 9.86. The second kappa shape index (κ2) is 9.57. The molecule has 1 aromatic carbocycles. The molecule has 0 bridgehead atoms. The van der Waals surface area contributed by atoms with E-state index in [4.69, 9.17) is 9.47 Å². The van der Waals surface area contributed by atoms with Gasteiger partial charge in [0.05, 0.1) is 18.8 Å². The normalized spacial score (nSPS) is 22.4. The molecule has 5 rings (SSSR count).